The van der Waals surface area contributed by atoms with Gasteiger partial charge in [-0.15, -0.1) is 12.4 Å². The molecule has 0 aromatic carbocycles. The van der Waals surface area contributed by atoms with Crippen molar-refractivity contribution >= 4 is 12.4 Å². The third-order valence-electron chi connectivity index (χ3n) is 2.31. The fraction of sp³-hybridized carbons (Fsp3) is 0.556. The van der Waals surface area contributed by atoms with Gasteiger partial charge >= 0.3 is 0 Å². The zero-order valence-corrected chi connectivity index (χ0v) is 7.81. The molecule has 3 N–H and O–H groups in total. The van der Waals surface area contributed by atoms with Gasteiger partial charge in [-0.05, 0) is 24.5 Å². The maximum absolute atomic E-state index is 5.95. The van der Waals surface area contributed by atoms with E-state index in [0.29, 0.717) is 0 Å². The van der Waals surface area contributed by atoms with Crippen molar-refractivity contribution in [2.24, 2.45) is 11.7 Å². The summed E-state index contributed by atoms with van der Waals surface area (Å²) in [6.45, 7) is 0. The molecule has 1 fully saturated rings. The van der Waals surface area contributed by atoms with E-state index in [2.05, 4.69) is 11.1 Å². The summed E-state index contributed by atoms with van der Waals surface area (Å²) in [5.41, 5.74) is 7.13. The van der Waals surface area contributed by atoms with Gasteiger partial charge in [-0.25, -0.2) is 0 Å². The minimum absolute atomic E-state index is 0. The molecule has 1 atom stereocenters. The Morgan fingerprint density at radius 2 is 2.33 bits per heavy atom. The van der Waals surface area contributed by atoms with Crippen LogP contribution in [0.5, 0.6) is 0 Å². The van der Waals surface area contributed by atoms with Gasteiger partial charge < -0.3 is 10.7 Å². The van der Waals surface area contributed by atoms with Gasteiger partial charge in [0.15, 0.2) is 0 Å². The van der Waals surface area contributed by atoms with Gasteiger partial charge in [0.1, 0.15) is 0 Å². The van der Waals surface area contributed by atoms with E-state index in [4.69, 9.17) is 5.73 Å². The lowest BCUT2D eigenvalue weighted by Gasteiger charge is -2.07. The first-order chi connectivity index (χ1) is 5.36. The first-order valence-corrected chi connectivity index (χ1v) is 4.25. The molecule has 0 amide bonds. The molecular weight excluding hydrogens is 172 g/mol. The summed E-state index contributed by atoms with van der Waals surface area (Å²) < 4.78 is 0. The zero-order chi connectivity index (χ0) is 7.68. The van der Waals surface area contributed by atoms with E-state index in [9.17, 15) is 0 Å². The van der Waals surface area contributed by atoms with Crippen molar-refractivity contribution in [1.82, 2.24) is 4.98 Å². The molecule has 12 heavy (non-hydrogen) atoms. The average Bonchev–Trinajstić information content (AvgIpc) is 2.67. The SMILES string of the molecule is Cl.N[C@H](CC1CC1)c1ccc[nH]1. The van der Waals surface area contributed by atoms with Crippen LogP contribution in [0, 0.1) is 5.92 Å². The first-order valence-electron chi connectivity index (χ1n) is 4.25. The van der Waals surface area contributed by atoms with Crippen LogP contribution in [-0.2, 0) is 0 Å². The Labute approximate surface area is 79.0 Å². The van der Waals surface area contributed by atoms with Crippen molar-refractivity contribution in [2.45, 2.75) is 25.3 Å². The lowest BCUT2D eigenvalue weighted by molar-refractivity contribution is 0.586. The summed E-state index contributed by atoms with van der Waals surface area (Å²) in [5, 5.41) is 0. The minimum Gasteiger partial charge on any atom is -0.364 e. The van der Waals surface area contributed by atoms with Gasteiger partial charge in [0.05, 0.1) is 0 Å². The fourth-order valence-corrected chi connectivity index (χ4v) is 1.41. The molecule has 0 radical (unpaired) electrons. The van der Waals surface area contributed by atoms with Crippen molar-refractivity contribution < 1.29 is 0 Å². The Kier molecular flexibility index (Phi) is 3.18. The molecule has 0 unspecified atom stereocenters. The lowest BCUT2D eigenvalue weighted by atomic mass is 10.1. The molecule has 1 heterocycles. The Balaban J connectivity index is 0.000000720. The van der Waals surface area contributed by atoms with Gasteiger partial charge in [0, 0.05) is 17.9 Å². The fourth-order valence-electron chi connectivity index (χ4n) is 1.41. The second-order valence-corrected chi connectivity index (χ2v) is 3.41. The second-order valence-electron chi connectivity index (χ2n) is 3.41. The van der Waals surface area contributed by atoms with Gasteiger partial charge in [0.2, 0.25) is 0 Å². The highest BCUT2D eigenvalue weighted by Gasteiger charge is 2.24. The largest absolute Gasteiger partial charge is 0.364 e. The van der Waals surface area contributed by atoms with Gasteiger partial charge in [-0.1, -0.05) is 12.8 Å². The number of hydrogen-bond donors (Lipinski definition) is 2. The molecule has 0 spiro atoms. The molecule has 1 aromatic heterocycles. The maximum Gasteiger partial charge on any atom is 0.0450 e. The maximum atomic E-state index is 5.95. The smallest absolute Gasteiger partial charge is 0.0450 e. The van der Waals surface area contributed by atoms with Crippen LogP contribution < -0.4 is 5.73 Å². The number of hydrogen-bond acceptors (Lipinski definition) is 1. The van der Waals surface area contributed by atoms with Crippen LogP contribution >= 0.6 is 12.4 Å². The number of aromatic amines is 1. The molecular formula is C9H15ClN2. The molecule has 68 valence electrons. The molecule has 1 aliphatic rings. The van der Waals surface area contributed by atoms with E-state index in [0.717, 1.165) is 12.3 Å². The van der Waals surface area contributed by atoms with Crippen molar-refractivity contribution in [2.75, 3.05) is 0 Å². The summed E-state index contributed by atoms with van der Waals surface area (Å²) in [6, 6.07) is 4.30. The number of H-pyrrole nitrogens is 1. The van der Waals surface area contributed by atoms with Crippen molar-refractivity contribution in [3.63, 3.8) is 0 Å². The van der Waals surface area contributed by atoms with Crippen LogP contribution in [-0.4, -0.2) is 4.98 Å². The topological polar surface area (TPSA) is 41.8 Å². The summed E-state index contributed by atoms with van der Waals surface area (Å²) >= 11 is 0. The highest BCUT2D eigenvalue weighted by Crippen LogP contribution is 2.36. The summed E-state index contributed by atoms with van der Waals surface area (Å²) in [6.07, 6.45) is 5.85. The Hall–Kier alpha value is -0.470. The van der Waals surface area contributed by atoms with Gasteiger partial charge in [0.25, 0.3) is 0 Å². The number of nitrogens with one attached hydrogen (secondary N) is 1. The van der Waals surface area contributed by atoms with Crippen LogP contribution in [0.4, 0.5) is 0 Å². The average molecular weight is 187 g/mol. The predicted molar refractivity (Wildman–Crippen MR) is 52.3 cm³/mol. The van der Waals surface area contributed by atoms with E-state index < -0.39 is 0 Å². The van der Waals surface area contributed by atoms with Crippen LogP contribution in [0.2, 0.25) is 0 Å². The minimum atomic E-state index is 0. The zero-order valence-electron chi connectivity index (χ0n) is 6.99. The van der Waals surface area contributed by atoms with Crippen molar-refractivity contribution in [3.05, 3.63) is 24.0 Å². The Morgan fingerprint density at radius 1 is 1.58 bits per heavy atom. The molecule has 0 bridgehead atoms. The van der Waals surface area contributed by atoms with Crippen molar-refractivity contribution in [3.8, 4) is 0 Å². The molecule has 1 aromatic rings. The Morgan fingerprint density at radius 3 is 2.83 bits per heavy atom. The number of nitrogens with two attached hydrogens (primary N) is 1. The number of halogens is 1. The molecule has 0 saturated heterocycles. The predicted octanol–water partition coefficient (Wildman–Crippen LogP) is 2.24. The first kappa shape index (κ1) is 9.62. The van der Waals surface area contributed by atoms with E-state index >= 15 is 0 Å². The van der Waals surface area contributed by atoms with E-state index in [1.54, 1.807) is 0 Å². The summed E-state index contributed by atoms with van der Waals surface area (Å²) in [5.74, 6) is 0.910. The Bertz CT molecular complexity index is 216. The standard InChI is InChI=1S/C9H14N2.ClH/c10-8(6-7-3-4-7)9-2-1-5-11-9;/h1-2,5,7-8,11H,3-4,6,10H2;1H/t8-;/m1./s1. The highest BCUT2D eigenvalue weighted by molar-refractivity contribution is 5.85. The third kappa shape index (κ3) is 2.26. The number of aromatic nitrogens is 1. The highest BCUT2D eigenvalue weighted by atomic mass is 35.5. The molecule has 1 aliphatic carbocycles. The van der Waals surface area contributed by atoms with E-state index in [1.807, 2.05) is 12.3 Å². The monoisotopic (exact) mass is 186 g/mol. The number of rotatable bonds is 3. The molecule has 2 nitrogen and oxygen atoms in total. The summed E-state index contributed by atoms with van der Waals surface area (Å²) in [7, 11) is 0. The van der Waals surface area contributed by atoms with Crippen LogP contribution in [0.25, 0.3) is 0 Å². The van der Waals surface area contributed by atoms with Gasteiger partial charge in [-0.2, -0.15) is 0 Å². The van der Waals surface area contributed by atoms with Crippen LogP contribution in [0.1, 0.15) is 31.0 Å². The molecule has 2 rings (SSSR count). The lowest BCUT2D eigenvalue weighted by Crippen LogP contribution is -2.10. The van der Waals surface area contributed by atoms with Crippen molar-refractivity contribution in [1.29, 1.82) is 0 Å². The van der Waals surface area contributed by atoms with E-state index in [1.165, 1.54) is 18.5 Å². The quantitative estimate of drug-likeness (QED) is 0.747. The second kappa shape index (κ2) is 3.97. The van der Waals surface area contributed by atoms with E-state index in [-0.39, 0.29) is 18.4 Å². The molecule has 3 heteroatoms. The molecule has 1 saturated carbocycles. The summed E-state index contributed by atoms with van der Waals surface area (Å²) in [4.78, 5) is 3.15. The van der Waals surface area contributed by atoms with Gasteiger partial charge in [-0.3, -0.25) is 0 Å². The third-order valence-corrected chi connectivity index (χ3v) is 2.31. The van der Waals surface area contributed by atoms with Crippen LogP contribution in [0.15, 0.2) is 18.3 Å². The van der Waals surface area contributed by atoms with Crippen LogP contribution in [0.3, 0.4) is 0 Å². The molecule has 0 aliphatic heterocycles. The normalized spacial score (nSPS) is 18.4.